The lowest BCUT2D eigenvalue weighted by Gasteiger charge is -2.42. The molecule has 2 aromatic carbocycles. The number of fused-ring (bicyclic) bond motifs is 3. The Morgan fingerprint density at radius 3 is 1.48 bits per heavy atom. The Bertz CT molecular complexity index is 743. The van der Waals surface area contributed by atoms with Gasteiger partial charge in [0.05, 0.1) is 13.2 Å². The van der Waals surface area contributed by atoms with Gasteiger partial charge in [-0.2, -0.15) is 0 Å². The zero-order valence-electron chi connectivity index (χ0n) is 16.6. The van der Waals surface area contributed by atoms with Crippen LogP contribution in [0.2, 0.25) is 0 Å². The highest BCUT2D eigenvalue weighted by molar-refractivity contribution is 5.18. The molecule has 0 aliphatic carbocycles. The maximum atomic E-state index is 6.40. The molecule has 29 heavy (non-hydrogen) atoms. The standard InChI is InChI=1S/C23H26O6/c1-23(2)28-17-13-24-21(15-9-5-3-6-10-15)26-19(17)20-18(29-23)14-25-22(27-20)16-11-7-4-8-12-16/h3-12,17-22H,13-14H2,1-2H3/t17-,18-,19-,20-,21?,22?/m1/s1. The van der Waals surface area contributed by atoms with Gasteiger partial charge in [0.25, 0.3) is 0 Å². The Balaban J connectivity index is 1.43. The van der Waals surface area contributed by atoms with Gasteiger partial charge in [-0.25, -0.2) is 0 Å². The van der Waals surface area contributed by atoms with Crippen molar-refractivity contribution in [3.63, 3.8) is 0 Å². The molecule has 0 saturated carbocycles. The van der Waals surface area contributed by atoms with E-state index in [0.717, 1.165) is 11.1 Å². The summed E-state index contributed by atoms with van der Waals surface area (Å²) in [4.78, 5) is 0. The van der Waals surface area contributed by atoms with Crippen molar-refractivity contribution in [2.45, 2.75) is 56.6 Å². The van der Waals surface area contributed by atoms with E-state index < -0.39 is 18.4 Å². The Kier molecular flexibility index (Phi) is 5.16. The Labute approximate surface area is 170 Å². The predicted molar refractivity (Wildman–Crippen MR) is 104 cm³/mol. The van der Waals surface area contributed by atoms with Gasteiger partial charge in [-0.15, -0.1) is 0 Å². The number of hydrogen-bond donors (Lipinski definition) is 0. The van der Waals surface area contributed by atoms with Crippen LogP contribution in [-0.2, 0) is 28.4 Å². The van der Waals surface area contributed by atoms with E-state index in [1.54, 1.807) is 0 Å². The van der Waals surface area contributed by atoms with Crippen LogP contribution in [0.1, 0.15) is 37.6 Å². The average molecular weight is 398 g/mol. The first-order valence-corrected chi connectivity index (χ1v) is 10.1. The summed E-state index contributed by atoms with van der Waals surface area (Å²) in [5, 5.41) is 0. The van der Waals surface area contributed by atoms with Gasteiger partial charge in [0, 0.05) is 11.1 Å². The fourth-order valence-electron chi connectivity index (χ4n) is 4.20. The molecule has 3 aliphatic rings. The molecule has 0 amide bonds. The summed E-state index contributed by atoms with van der Waals surface area (Å²) in [5.74, 6) is -0.791. The van der Waals surface area contributed by atoms with Gasteiger partial charge >= 0.3 is 0 Å². The number of rotatable bonds is 2. The van der Waals surface area contributed by atoms with Crippen molar-refractivity contribution in [1.82, 2.24) is 0 Å². The summed E-state index contributed by atoms with van der Waals surface area (Å²) < 4.78 is 37.2. The summed E-state index contributed by atoms with van der Waals surface area (Å²) in [5.41, 5.74) is 1.94. The molecular weight excluding hydrogens is 372 g/mol. The lowest BCUT2D eigenvalue weighted by Crippen LogP contribution is -2.55. The van der Waals surface area contributed by atoms with E-state index in [0.29, 0.717) is 13.2 Å². The molecule has 5 rings (SSSR count). The second-order valence-corrected chi connectivity index (χ2v) is 8.07. The van der Waals surface area contributed by atoms with E-state index >= 15 is 0 Å². The molecule has 0 radical (unpaired) electrons. The zero-order valence-corrected chi connectivity index (χ0v) is 16.6. The van der Waals surface area contributed by atoms with Crippen LogP contribution in [0.4, 0.5) is 0 Å². The van der Waals surface area contributed by atoms with Crippen LogP contribution >= 0.6 is 0 Å². The van der Waals surface area contributed by atoms with E-state index in [-0.39, 0.29) is 24.4 Å². The van der Waals surface area contributed by atoms with Crippen LogP contribution in [0.15, 0.2) is 60.7 Å². The third-order valence-corrected chi connectivity index (χ3v) is 5.46. The molecule has 154 valence electrons. The number of benzene rings is 2. The lowest BCUT2D eigenvalue weighted by molar-refractivity contribution is -0.319. The van der Waals surface area contributed by atoms with E-state index in [9.17, 15) is 0 Å². The highest BCUT2D eigenvalue weighted by Crippen LogP contribution is 2.40. The minimum absolute atomic E-state index is 0.297. The Morgan fingerprint density at radius 1 is 0.655 bits per heavy atom. The van der Waals surface area contributed by atoms with Gasteiger partial charge in [0.2, 0.25) is 0 Å². The summed E-state index contributed by atoms with van der Waals surface area (Å²) in [6.45, 7) is 4.61. The highest BCUT2D eigenvalue weighted by atomic mass is 16.8. The van der Waals surface area contributed by atoms with Crippen LogP contribution in [0.25, 0.3) is 0 Å². The molecule has 6 atom stereocenters. The second kappa shape index (κ2) is 7.80. The molecule has 3 aliphatic heterocycles. The highest BCUT2D eigenvalue weighted by Gasteiger charge is 2.52. The van der Waals surface area contributed by atoms with Crippen LogP contribution in [0.3, 0.4) is 0 Å². The van der Waals surface area contributed by atoms with Crippen molar-refractivity contribution in [3.8, 4) is 0 Å². The van der Waals surface area contributed by atoms with Gasteiger partial charge in [0.1, 0.15) is 24.4 Å². The summed E-state index contributed by atoms with van der Waals surface area (Å²) >= 11 is 0. The SMILES string of the molecule is CC1(C)O[C@@H]2COC(c3ccccc3)O[C@H]2[C@@H]2OC(c3ccccc3)OC[C@H]2O1. The molecule has 6 nitrogen and oxygen atoms in total. The molecule has 0 N–H and O–H groups in total. The second-order valence-electron chi connectivity index (χ2n) is 8.07. The maximum absolute atomic E-state index is 6.40. The molecular formula is C23H26O6. The van der Waals surface area contributed by atoms with Crippen LogP contribution in [0, 0.1) is 0 Å². The fraction of sp³-hybridized carbons (Fsp3) is 0.478. The van der Waals surface area contributed by atoms with Crippen molar-refractivity contribution in [2.24, 2.45) is 0 Å². The molecule has 0 bridgehead atoms. The smallest absolute Gasteiger partial charge is 0.184 e. The van der Waals surface area contributed by atoms with Gasteiger partial charge in [-0.1, -0.05) is 60.7 Å². The molecule has 6 heteroatoms. The molecule has 2 aromatic rings. The number of hydrogen-bond acceptors (Lipinski definition) is 6. The fourth-order valence-corrected chi connectivity index (χ4v) is 4.20. The Hall–Kier alpha value is -1.80. The predicted octanol–water partition coefficient (Wildman–Crippen LogP) is 3.73. The van der Waals surface area contributed by atoms with E-state index in [2.05, 4.69) is 0 Å². The van der Waals surface area contributed by atoms with E-state index in [1.165, 1.54) is 0 Å². The van der Waals surface area contributed by atoms with Gasteiger partial charge in [0.15, 0.2) is 18.4 Å². The molecule has 0 aromatic heterocycles. The first kappa shape index (κ1) is 19.2. The van der Waals surface area contributed by atoms with Gasteiger partial charge in [-0.3, -0.25) is 0 Å². The topological polar surface area (TPSA) is 55.4 Å². The number of ether oxygens (including phenoxy) is 6. The van der Waals surface area contributed by atoms with Gasteiger partial charge in [-0.05, 0) is 13.8 Å². The van der Waals surface area contributed by atoms with Crippen molar-refractivity contribution in [3.05, 3.63) is 71.8 Å². The Morgan fingerprint density at radius 2 is 1.07 bits per heavy atom. The first-order valence-electron chi connectivity index (χ1n) is 10.1. The van der Waals surface area contributed by atoms with E-state index in [1.807, 2.05) is 74.5 Å². The summed E-state index contributed by atoms with van der Waals surface area (Å²) in [6.07, 6.45) is -2.20. The lowest BCUT2D eigenvalue weighted by atomic mass is 10.0. The third kappa shape index (κ3) is 3.97. The zero-order chi connectivity index (χ0) is 19.8. The quantitative estimate of drug-likeness (QED) is 0.768. The van der Waals surface area contributed by atoms with Crippen molar-refractivity contribution in [1.29, 1.82) is 0 Å². The maximum Gasteiger partial charge on any atom is 0.184 e. The summed E-state index contributed by atoms with van der Waals surface area (Å²) in [6, 6.07) is 19.8. The normalized spacial score (nSPS) is 36.5. The largest absolute Gasteiger partial charge is 0.346 e. The van der Waals surface area contributed by atoms with Gasteiger partial charge < -0.3 is 28.4 Å². The van der Waals surface area contributed by atoms with Crippen molar-refractivity contribution in [2.75, 3.05) is 13.2 Å². The third-order valence-electron chi connectivity index (χ3n) is 5.46. The molecule has 2 unspecified atom stereocenters. The van der Waals surface area contributed by atoms with Crippen molar-refractivity contribution >= 4 is 0 Å². The monoisotopic (exact) mass is 398 g/mol. The van der Waals surface area contributed by atoms with Crippen molar-refractivity contribution < 1.29 is 28.4 Å². The van der Waals surface area contributed by atoms with Crippen LogP contribution < -0.4 is 0 Å². The molecule has 3 saturated heterocycles. The first-order chi connectivity index (χ1) is 14.1. The minimum atomic E-state index is -0.791. The summed E-state index contributed by atoms with van der Waals surface area (Å²) in [7, 11) is 0. The van der Waals surface area contributed by atoms with Crippen LogP contribution in [-0.4, -0.2) is 43.4 Å². The average Bonchev–Trinajstić information content (AvgIpc) is 2.86. The molecule has 0 spiro atoms. The minimum Gasteiger partial charge on any atom is -0.346 e. The molecule has 3 fully saturated rings. The molecule has 3 heterocycles. The van der Waals surface area contributed by atoms with E-state index in [4.69, 9.17) is 28.4 Å². The van der Waals surface area contributed by atoms with Crippen LogP contribution in [0.5, 0.6) is 0 Å².